The zero-order valence-corrected chi connectivity index (χ0v) is 16.6. The normalized spacial score (nSPS) is 18.4. The van der Waals surface area contributed by atoms with Gasteiger partial charge in [0.25, 0.3) is 11.1 Å². The van der Waals surface area contributed by atoms with Crippen LogP contribution in [0.2, 0.25) is 0 Å². The number of benzene rings is 1. The van der Waals surface area contributed by atoms with Crippen molar-refractivity contribution in [2.45, 2.75) is 0 Å². The van der Waals surface area contributed by atoms with Gasteiger partial charge < -0.3 is 19.4 Å². The Balaban J connectivity index is 1.40. The maximum Gasteiger partial charge on any atom is 0.294 e. The van der Waals surface area contributed by atoms with Gasteiger partial charge in [0, 0.05) is 30.9 Å². The Hall–Kier alpha value is -3.11. The molecule has 0 spiro atoms. The molecule has 2 saturated heterocycles. The van der Waals surface area contributed by atoms with Gasteiger partial charge in [0.1, 0.15) is 18.1 Å². The molecule has 0 radical (unpaired) electrons. The van der Waals surface area contributed by atoms with Crippen molar-refractivity contribution in [2.75, 3.05) is 43.1 Å². The third-order valence-electron chi connectivity index (χ3n) is 4.51. The maximum absolute atomic E-state index is 12.9. The molecule has 156 valence electrons. The molecule has 0 atom stereocenters. The van der Waals surface area contributed by atoms with Gasteiger partial charge >= 0.3 is 0 Å². The molecule has 4 rings (SSSR count). The van der Waals surface area contributed by atoms with E-state index in [2.05, 4.69) is 5.32 Å². The average molecular weight is 431 g/mol. The number of hydrogen-bond acceptors (Lipinski definition) is 7. The SMILES string of the molecule is O=C(CN1C(=O)S/C(=C\c2ccc(N3CCOCC3)o2)C1=O)Nc1ccc(F)cc1. The number of anilines is 2. The van der Waals surface area contributed by atoms with Crippen LogP contribution in [-0.2, 0) is 14.3 Å². The van der Waals surface area contributed by atoms with Crippen LogP contribution in [0, 0.1) is 5.82 Å². The molecule has 8 nitrogen and oxygen atoms in total. The zero-order valence-electron chi connectivity index (χ0n) is 15.8. The van der Waals surface area contributed by atoms with Crippen LogP contribution in [0.3, 0.4) is 0 Å². The second-order valence-electron chi connectivity index (χ2n) is 6.60. The van der Waals surface area contributed by atoms with Crippen LogP contribution in [-0.4, -0.2) is 54.8 Å². The first-order chi connectivity index (χ1) is 14.5. The quantitative estimate of drug-likeness (QED) is 0.728. The number of furan rings is 1. The summed E-state index contributed by atoms with van der Waals surface area (Å²) in [5.41, 5.74) is 0.371. The van der Waals surface area contributed by atoms with Crippen LogP contribution in [0.4, 0.5) is 20.8 Å². The van der Waals surface area contributed by atoms with Crippen molar-refractivity contribution in [2.24, 2.45) is 0 Å². The Bertz CT molecular complexity index is 998. The van der Waals surface area contributed by atoms with E-state index in [-0.39, 0.29) is 4.91 Å². The number of imide groups is 1. The maximum atomic E-state index is 12.9. The summed E-state index contributed by atoms with van der Waals surface area (Å²) in [5.74, 6) is -0.444. The molecule has 0 saturated carbocycles. The number of carbonyl (C=O) groups excluding carboxylic acids is 3. The van der Waals surface area contributed by atoms with E-state index in [4.69, 9.17) is 9.15 Å². The largest absolute Gasteiger partial charge is 0.441 e. The van der Waals surface area contributed by atoms with Gasteiger partial charge in [-0.15, -0.1) is 0 Å². The van der Waals surface area contributed by atoms with Gasteiger partial charge in [0.2, 0.25) is 5.91 Å². The fourth-order valence-corrected chi connectivity index (χ4v) is 3.83. The van der Waals surface area contributed by atoms with Gasteiger partial charge in [-0.25, -0.2) is 4.39 Å². The van der Waals surface area contributed by atoms with Crippen molar-refractivity contribution in [3.63, 3.8) is 0 Å². The molecule has 1 aromatic heterocycles. The molecule has 2 aliphatic heterocycles. The number of nitrogens with zero attached hydrogens (tertiary/aromatic N) is 2. The lowest BCUT2D eigenvalue weighted by molar-refractivity contribution is -0.127. The van der Waals surface area contributed by atoms with Crippen molar-refractivity contribution in [1.29, 1.82) is 0 Å². The molecule has 3 heterocycles. The minimum Gasteiger partial charge on any atom is -0.441 e. The van der Waals surface area contributed by atoms with Gasteiger partial charge in [-0.2, -0.15) is 0 Å². The highest BCUT2D eigenvalue weighted by molar-refractivity contribution is 8.18. The molecule has 0 aliphatic carbocycles. The molecule has 30 heavy (non-hydrogen) atoms. The van der Waals surface area contributed by atoms with Gasteiger partial charge in [0.15, 0.2) is 5.88 Å². The Morgan fingerprint density at radius 2 is 1.87 bits per heavy atom. The molecule has 1 aromatic carbocycles. The van der Waals surface area contributed by atoms with Gasteiger partial charge in [-0.05, 0) is 42.1 Å². The fraction of sp³-hybridized carbons (Fsp3) is 0.250. The predicted octanol–water partition coefficient (Wildman–Crippen LogP) is 2.93. The topological polar surface area (TPSA) is 92.1 Å². The molecule has 2 fully saturated rings. The first-order valence-corrected chi connectivity index (χ1v) is 10.0. The first-order valence-electron chi connectivity index (χ1n) is 9.23. The van der Waals surface area contributed by atoms with Crippen molar-refractivity contribution >= 4 is 46.5 Å². The number of ether oxygens (including phenoxy) is 1. The number of halogens is 1. The minimum absolute atomic E-state index is 0.178. The molecule has 3 amide bonds. The van der Waals surface area contributed by atoms with Gasteiger partial charge in [0.05, 0.1) is 18.1 Å². The number of rotatable bonds is 5. The molecule has 0 bridgehead atoms. The first kappa shape index (κ1) is 20.2. The highest BCUT2D eigenvalue weighted by Gasteiger charge is 2.36. The second kappa shape index (κ2) is 8.72. The lowest BCUT2D eigenvalue weighted by atomic mass is 10.3. The highest BCUT2D eigenvalue weighted by atomic mass is 32.2. The summed E-state index contributed by atoms with van der Waals surface area (Å²) in [6.45, 7) is 2.24. The monoisotopic (exact) mass is 431 g/mol. The summed E-state index contributed by atoms with van der Waals surface area (Å²) in [7, 11) is 0. The van der Waals surface area contributed by atoms with E-state index < -0.39 is 29.4 Å². The molecule has 10 heteroatoms. The molecular weight excluding hydrogens is 413 g/mol. The van der Waals surface area contributed by atoms with Crippen molar-refractivity contribution in [3.05, 3.63) is 52.9 Å². The van der Waals surface area contributed by atoms with Crippen LogP contribution in [0.5, 0.6) is 0 Å². The molecule has 1 N–H and O–H groups in total. The summed E-state index contributed by atoms with van der Waals surface area (Å²) < 4.78 is 24.0. The fourth-order valence-electron chi connectivity index (χ4n) is 3.02. The Morgan fingerprint density at radius 3 is 2.60 bits per heavy atom. The van der Waals surface area contributed by atoms with Crippen LogP contribution in [0.1, 0.15) is 5.76 Å². The highest BCUT2D eigenvalue weighted by Crippen LogP contribution is 2.33. The zero-order chi connectivity index (χ0) is 21.1. The van der Waals surface area contributed by atoms with E-state index in [1.807, 2.05) is 4.90 Å². The average Bonchev–Trinajstić information content (AvgIpc) is 3.31. The predicted molar refractivity (Wildman–Crippen MR) is 109 cm³/mol. The van der Waals surface area contributed by atoms with Crippen LogP contribution in [0.15, 0.2) is 45.7 Å². The van der Waals surface area contributed by atoms with Gasteiger partial charge in [-0.1, -0.05) is 0 Å². The third kappa shape index (κ3) is 4.55. The summed E-state index contributed by atoms with van der Waals surface area (Å²) >= 11 is 0.747. The van der Waals surface area contributed by atoms with Gasteiger partial charge in [-0.3, -0.25) is 19.3 Å². The summed E-state index contributed by atoms with van der Waals surface area (Å²) in [5, 5.41) is 1.99. The number of morpholine rings is 1. The molecule has 2 aliphatic rings. The summed E-state index contributed by atoms with van der Waals surface area (Å²) in [6, 6.07) is 8.71. The van der Waals surface area contributed by atoms with Crippen LogP contribution >= 0.6 is 11.8 Å². The summed E-state index contributed by atoms with van der Waals surface area (Å²) in [4.78, 5) is 40.0. The summed E-state index contributed by atoms with van der Waals surface area (Å²) in [6.07, 6.45) is 1.49. The van der Waals surface area contributed by atoms with Crippen molar-refractivity contribution in [3.8, 4) is 0 Å². The second-order valence-corrected chi connectivity index (χ2v) is 7.59. The lowest BCUT2D eigenvalue weighted by Gasteiger charge is -2.26. The molecule has 2 aromatic rings. The van der Waals surface area contributed by atoms with E-state index >= 15 is 0 Å². The van der Waals surface area contributed by atoms with E-state index in [0.717, 1.165) is 16.7 Å². The lowest BCUT2D eigenvalue weighted by Crippen LogP contribution is -2.36. The number of thioether (sulfide) groups is 1. The number of nitrogens with one attached hydrogen (secondary N) is 1. The smallest absolute Gasteiger partial charge is 0.294 e. The minimum atomic E-state index is -0.566. The van der Waals surface area contributed by atoms with Crippen LogP contribution in [0.25, 0.3) is 6.08 Å². The number of amides is 3. The van der Waals surface area contributed by atoms with Crippen molar-refractivity contribution in [1.82, 2.24) is 4.90 Å². The van der Waals surface area contributed by atoms with Crippen molar-refractivity contribution < 1.29 is 27.9 Å². The van der Waals surface area contributed by atoms with E-state index in [1.54, 1.807) is 12.1 Å². The Morgan fingerprint density at radius 1 is 1.13 bits per heavy atom. The standard InChI is InChI=1S/C20H18FN3O5S/c21-13-1-3-14(4-2-13)22-17(25)12-24-19(26)16(30-20(24)27)11-15-5-6-18(29-15)23-7-9-28-10-8-23/h1-6,11H,7-10,12H2,(H,22,25)/b16-11-. The van der Waals surface area contributed by atoms with E-state index in [0.29, 0.717) is 43.6 Å². The third-order valence-corrected chi connectivity index (χ3v) is 5.42. The molecular formula is C20H18FN3O5S. The van der Waals surface area contributed by atoms with E-state index in [1.165, 1.54) is 30.3 Å². The Kier molecular flexibility index (Phi) is 5.86. The number of hydrogen-bond donors (Lipinski definition) is 1. The number of carbonyl (C=O) groups is 3. The molecule has 0 unspecified atom stereocenters. The van der Waals surface area contributed by atoms with Crippen LogP contribution < -0.4 is 10.2 Å². The van der Waals surface area contributed by atoms with E-state index in [9.17, 15) is 18.8 Å². The Labute approximate surface area is 175 Å².